The molecule has 1 rings (SSSR count). The molecule has 0 saturated heterocycles. The lowest BCUT2D eigenvalue weighted by Gasteiger charge is -2.21. The highest BCUT2D eigenvalue weighted by atomic mass is 16.3. The molecule has 0 bridgehead atoms. The maximum absolute atomic E-state index is 10.1. The van der Waals surface area contributed by atoms with Crippen LogP contribution in [0.2, 0.25) is 0 Å². The van der Waals surface area contributed by atoms with Crippen LogP contribution in [0.4, 0.5) is 11.6 Å². The highest BCUT2D eigenvalue weighted by Gasteiger charge is 2.16. The van der Waals surface area contributed by atoms with Gasteiger partial charge in [0.25, 0.3) is 0 Å². The molecule has 0 radical (unpaired) electrons. The summed E-state index contributed by atoms with van der Waals surface area (Å²) in [5, 5.41) is 16.5. The molecule has 1 atom stereocenters. The maximum Gasteiger partial charge on any atom is 0.134 e. The molecule has 1 aromatic heterocycles. The zero-order valence-corrected chi connectivity index (χ0v) is 12.4. The van der Waals surface area contributed by atoms with E-state index in [0.29, 0.717) is 12.5 Å². The number of nitrogens with one attached hydrogen (secondary N) is 2. The Hall–Kier alpha value is -1.36. The van der Waals surface area contributed by atoms with Crippen molar-refractivity contribution in [3.63, 3.8) is 0 Å². The Bertz CT molecular complexity index is 380. The van der Waals surface area contributed by atoms with Crippen molar-refractivity contribution in [3.8, 4) is 0 Å². The van der Waals surface area contributed by atoms with Crippen LogP contribution < -0.4 is 10.6 Å². The molecule has 0 aliphatic heterocycles. The molecule has 1 unspecified atom stereocenters. The molecule has 0 spiro atoms. The molecule has 5 nitrogen and oxygen atoms in total. The number of aliphatic hydroxyl groups is 1. The van der Waals surface area contributed by atoms with Crippen molar-refractivity contribution >= 4 is 11.6 Å². The molecule has 0 aromatic carbocycles. The largest absolute Gasteiger partial charge is 0.391 e. The van der Waals surface area contributed by atoms with Crippen LogP contribution >= 0.6 is 0 Å². The van der Waals surface area contributed by atoms with E-state index in [1.54, 1.807) is 0 Å². The van der Waals surface area contributed by atoms with Gasteiger partial charge >= 0.3 is 0 Å². The molecule has 0 amide bonds. The molecule has 0 saturated carbocycles. The van der Waals surface area contributed by atoms with Crippen molar-refractivity contribution in [2.45, 2.75) is 46.6 Å². The van der Waals surface area contributed by atoms with E-state index in [0.717, 1.165) is 36.6 Å². The summed E-state index contributed by atoms with van der Waals surface area (Å²) in [6.45, 7) is 9.58. The van der Waals surface area contributed by atoms with E-state index in [1.165, 1.54) is 6.33 Å². The minimum Gasteiger partial charge on any atom is -0.391 e. The fourth-order valence-electron chi connectivity index (χ4n) is 2.17. The quantitative estimate of drug-likeness (QED) is 0.674. The molecular formula is C14H26N4O. The Labute approximate surface area is 115 Å². The molecule has 19 heavy (non-hydrogen) atoms. The van der Waals surface area contributed by atoms with Crippen LogP contribution in [0.1, 0.15) is 39.2 Å². The molecule has 0 fully saturated rings. The van der Waals surface area contributed by atoms with Gasteiger partial charge in [0.15, 0.2) is 0 Å². The van der Waals surface area contributed by atoms with Gasteiger partial charge in [-0.25, -0.2) is 9.97 Å². The second-order valence-electron chi connectivity index (χ2n) is 4.75. The van der Waals surface area contributed by atoms with Gasteiger partial charge in [-0.05, 0) is 19.8 Å². The molecule has 1 heterocycles. The van der Waals surface area contributed by atoms with E-state index in [4.69, 9.17) is 0 Å². The van der Waals surface area contributed by atoms with Crippen molar-refractivity contribution in [3.05, 3.63) is 11.9 Å². The predicted molar refractivity (Wildman–Crippen MR) is 79.5 cm³/mol. The van der Waals surface area contributed by atoms with Crippen molar-refractivity contribution in [2.75, 3.05) is 23.7 Å². The summed E-state index contributed by atoms with van der Waals surface area (Å²) in [5.74, 6) is 1.97. The number of anilines is 2. The van der Waals surface area contributed by atoms with Gasteiger partial charge in [-0.3, -0.25) is 0 Å². The van der Waals surface area contributed by atoms with Gasteiger partial charge in [-0.2, -0.15) is 0 Å². The minimum absolute atomic E-state index is 0.336. The lowest BCUT2D eigenvalue weighted by atomic mass is 9.96. The lowest BCUT2D eigenvalue weighted by Crippen LogP contribution is -2.28. The SMILES string of the molecule is CCNc1ncnc(NCC(O)C(CC)CC)c1C. The first-order chi connectivity index (χ1) is 9.13. The van der Waals surface area contributed by atoms with Crippen LogP contribution in [0.25, 0.3) is 0 Å². The van der Waals surface area contributed by atoms with Crippen LogP contribution in [0.15, 0.2) is 6.33 Å². The number of nitrogens with zero attached hydrogens (tertiary/aromatic N) is 2. The number of aliphatic hydroxyl groups excluding tert-OH is 1. The Balaban J connectivity index is 2.65. The summed E-state index contributed by atoms with van der Waals surface area (Å²) in [4.78, 5) is 8.43. The zero-order valence-electron chi connectivity index (χ0n) is 12.4. The molecule has 108 valence electrons. The van der Waals surface area contributed by atoms with Crippen molar-refractivity contribution in [2.24, 2.45) is 5.92 Å². The van der Waals surface area contributed by atoms with Gasteiger partial charge in [0, 0.05) is 18.7 Å². The van der Waals surface area contributed by atoms with Crippen molar-refractivity contribution in [1.82, 2.24) is 9.97 Å². The van der Waals surface area contributed by atoms with E-state index in [1.807, 2.05) is 13.8 Å². The zero-order chi connectivity index (χ0) is 14.3. The fourth-order valence-corrected chi connectivity index (χ4v) is 2.17. The van der Waals surface area contributed by atoms with Crippen LogP contribution in [-0.2, 0) is 0 Å². The van der Waals surface area contributed by atoms with E-state index < -0.39 is 0 Å². The third kappa shape index (κ3) is 4.35. The van der Waals surface area contributed by atoms with E-state index >= 15 is 0 Å². The monoisotopic (exact) mass is 266 g/mol. The summed E-state index contributed by atoms with van der Waals surface area (Å²) < 4.78 is 0. The van der Waals surface area contributed by atoms with Gasteiger partial charge in [-0.15, -0.1) is 0 Å². The Morgan fingerprint density at radius 3 is 2.21 bits per heavy atom. The maximum atomic E-state index is 10.1. The average Bonchev–Trinajstić information content (AvgIpc) is 2.41. The summed E-state index contributed by atoms with van der Waals surface area (Å²) >= 11 is 0. The molecule has 5 heteroatoms. The van der Waals surface area contributed by atoms with Crippen LogP contribution in [0.3, 0.4) is 0 Å². The van der Waals surface area contributed by atoms with Gasteiger partial charge in [-0.1, -0.05) is 26.7 Å². The van der Waals surface area contributed by atoms with Crippen molar-refractivity contribution < 1.29 is 5.11 Å². The first-order valence-corrected chi connectivity index (χ1v) is 7.11. The topological polar surface area (TPSA) is 70.1 Å². The Morgan fingerprint density at radius 2 is 1.68 bits per heavy atom. The molecular weight excluding hydrogens is 240 g/mol. The van der Waals surface area contributed by atoms with Gasteiger partial charge < -0.3 is 15.7 Å². The fraction of sp³-hybridized carbons (Fsp3) is 0.714. The molecule has 3 N–H and O–H groups in total. The number of rotatable bonds is 8. The number of hydrogen-bond acceptors (Lipinski definition) is 5. The van der Waals surface area contributed by atoms with Crippen LogP contribution in [-0.4, -0.2) is 34.3 Å². The van der Waals surface area contributed by atoms with Gasteiger partial charge in [0.1, 0.15) is 18.0 Å². The minimum atomic E-state index is -0.341. The standard InChI is InChI=1S/C14H26N4O/c1-5-11(6-2)12(19)8-16-14-10(4)13(15-7-3)17-9-18-14/h9,11-12,19H,5-8H2,1-4H3,(H2,15,16,17,18). The van der Waals surface area contributed by atoms with Crippen LogP contribution in [0, 0.1) is 12.8 Å². The van der Waals surface area contributed by atoms with Gasteiger partial charge in [0.2, 0.25) is 0 Å². The van der Waals surface area contributed by atoms with Gasteiger partial charge in [0.05, 0.1) is 6.10 Å². The number of aromatic nitrogens is 2. The van der Waals surface area contributed by atoms with Crippen LogP contribution in [0.5, 0.6) is 0 Å². The van der Waals surface area contributed by atoms with E-state index in [9.17, 15) is 5.11 Å². The Morgan fingerprint density at radius 1 is 1.11 bits per heavy atom. The summed E-state index contributed by atoms with van der Waals surface area (Å²) in [6.07, 6.45) is 3.18. The first-order valence-electron chi connectivity index (χ1n) is 7.11. The predicted octanol–water partition coefficient (Wildman–Crippen LogP) is 2.43. The summed E-state index contributed by atoms with van der Waals surface area (Å²) in [6, 6.07) is 0. The highest BCUT2D eigenvalue weighted by Crippen LogP contribution is 2.19. The average molecular weight is 266 g/mol. The third-order valence-corrected chi connectivity index (χ3v) is 3.50. The van der Waals surface area contributed by atoms with E-state index in [-0.39, 0.29) is 6.10 Å². The molecule has 0 aliphatic rings. The van der Waals surface area contributed by atoms with E-state index in [2.05, 4.69) is 34.4 Å². The van der Waals surface area contributed by atoms with Crippen molar-refractivity contribution in [1.29, 1.82) is 0 Å². The highest BCUT2D eigenvalue weighted by molar-refractivity contribution is 5.56. The third-order valence-electron chi connectivity index (χ3n) is 3.50. The normalized spacial score (nSPS) is 12.5. The summed E-state index contributed by atoms with van der Waals surface area (Å²) in [5.41, 5.74) is 0.987. The number of hydrogen-bond donors (Lipinski definition) is 3. The lowest BCUT2D eigenvalue weighted by molar-refractivity contribution is 0.114. The second kappa shape index (κ2) is 7.94. The first kappa shape index (κ1) is 15.7. The smallest absolute Gasteiger partial charge is 0.134 e. The molecule has 1 aromatic rings. The summed E-state index contributed by atoms with van der Waals surface area (Å²) in [7, 11) is 0. The Kier molecular flexibility index (Phi) is 6.56. The molecule has 0 aliphatic carbocycles. The second-order valence-corrected chi connectivity index (χ2v) is 4.75.